The summed E-state index contributed by atoms with van der Waals surface area (Å²) in [6.07, 6.45) is 2.15. The number of nitrogens with zero attached hydrogens (tertiary/aromatic N) is 1. The van der Waals surface area contributed by atoms with E-state index in [1.54, 1.807) is 30.3 Å². The molecule has 6 heteroatoms. The molecule has 1 aromatic heterocycles. The van der Waals surface area contributed by atoms with Crippen LogP contribution in [0.25, 0.3) is 0 Å². The molecule has 0 saturated heterocycles. The van der Waals surface area contributed by atoms with Crippen LogP contribution in [-0.4, -0.2) is 17.0 Å². The molecule has 2 aromatic carbocycles. The lowest BCUT2D eigenvalue weighted by Gasteiger charge is -2.07. The summed E-state index contributed by atoms with van der Waals surface area (Å²) in [6, 6.07) is 17.7. The molecule has 6 nitrogen and oxygen atoms in total. The number of hydrogen-bond acceptors (Lipinski definition) is 5. The number of esters is 1. The maximum Gasteiger partial charge on any atom is 0.338 e. The van der Waals surface area contributed by atoms with E-state index in [1.807, 2.05) is 30.3 Å². The molecule has 1 heterocycles. The van der Waals surface area contributed by atoms with E-state index in [0.29, 0.717) is 17.2 Å². The Balaban J connectivity index is 1.39. The van der Waals surface area contributed by atoms with Crippen molar-refractivity contribution in [3.8, 4) is 0 Å². The van der Waals surface area contributed by atoms with Gasteiger partial charge in [0, 0.05) is 17.7 Å². The molecule has 1 amide bonds. The molecule has 0 atom stereocenters. The van der Waals surface area contributed by atoms with Crippen molar-refractivity contribution in [1.82, 2.24) is 5.16 Å². The van der Waals surface area contributed by atoms with Crippen molar-refractivity contribution < 1.29 is 18.8 Å². The topological polar surface area (TPSA) is 81.4 Å². The van der Waals surface area contributed by atoms with Gasteiger partial charge in [-0.05, 0) is 36.6 Å². The first-order chi connectivity index (χ1) is 13.2. The van der Waals surface area contributed by atoms with E-state index in [-0.39, 0.29) is 18.2 Å². The predicted molar refractivity (Wildman–Crippen MR) is 98.4 cm³/mol. The Hall–Kier alpha value is -3.41. The van der Waals surface area contributed by atoms with Crippen molar-refractivity contribution in [3.63, 3.8) is 0 Å². The second kappa shape index (κ2) is 7.45. The van der Waals surface area contributed by atoms with E-state index in [1.165, 1.54) is 0 Å². The molecular formula is C21H18N2O4. The summed E-state index contributed by atoms with van der Waals surface area (Å²) in [5, 5.41) is 6.55. The molecule has 1 aliphatic rings. The minimum absolute atomic E-state index is 0.194. The van der Waals surface area contributed by atoms with E-state index in [0.717, 1.165) is 24.2 Å². The van der Waals surface area contributed by atoms with Crippen LogP contribution in [0.1, 0.15) is 50.9 Å². The van der Waals surface area contributed by atoms with Gasteiger partial charge in [-0.15, -0.1) is 0 Å². The number of carbonyl (C=O) groups excluding carboxylic acids is 2. The van der Waals surface area contributed by atoms with Crippen molar-refractivity contribution in [3.05, 3.63) is 83.2 Å². The summed E-state index contributed by atoms with van der Waals surface area (Å²) >= 11 is 0. The number of ether oxygens (including phenoxy) is 1. The van der Waals surface area contributed by atoms with Crippen LogP contribution in [0.5, 0.6) is 0 Å². The van der Waals surface area contributed by atoms with Gasteiger partial charge in [0.1, 0.15) is 12.4 Å². The first-order valence-electron chi connectivity index (χ1n) is 8.78. The van der Waals surface area contributed by atoms with Crippen LogP contribution in [0.2, 0.25) is 0 Å². The fraction of sp³-hybridized carbons (Fsp3) is 0.190. The van der Waals surface area contributed by atoms with Gasteiger partial charge in [0.15, 0.2) is 5.69 Å². The molecule has 1 N–H and O–H groups in total. The fourth-order valence-electron chi connectivity index (χ4n) is 2.68. The molecule has 0 aliphatic heterocycles. The molecule has 27 heavy (non-hydrogen) atoms. The van der Waals surface area contributed by atoms with Crippen LogP contribution in [0.15, 0.2) is 65.2 Å². The van der Waals surface area contributed by atoms with Gasteiger partial charge in [-0.25, -0.2) is 4.79 Å². The van der Waals surface area contributed by atoms with Gasteiger partial charge in [0.25, 0.3) is 5.91 Å². The third kappa shape index (κ3) is 4.23. The monoisotopic (exact) mass is 362 g/mol. The molecule has 4 rings (SSSR count). The SMILES string of the molecule is O=C(OCc1ccccc1)c1cccc(NC(=O)c2cc(C3CC3)on2)c1. The highest BCUT2D eigenvalue weighted by Gasteiger charge is 2.28. The van der Waals surface area contributed by atoms with Gasteiger partial charge in [-0.3, -0.25) is 4.79 Å². The third-order valence-electron chi connectivity index (χ3n) is 4.31. The first kappa shape index (κ1) is 17.0. The minimum Gasteiger partial charge on any atom is -0.457 e. The molecule has 1 aliphatic carbocycles. The Bertz CT molecular complexity index is 961. The Labute approximate surface area is 156 Å². The van der Waals surface area contributed by atoms with Gasteiger partial charge in [0.2, 0.25) is 0 Å². The third-order valence-corrected chi connectivity index (χ3v) is 4.31. The minimum atomic E-state index is -0.451. The smallest absolute Gasteiger partial charge is 0.338 e. The number of amides is 1. The van der Waals surface area contributed by atoms with Gasteiger partial charge in [0.05, 0.1) is 5.56 Å². The summed E-state index contributed by atoms with van der Waals surface area (Å²) in [5.41, 5.74) is 1.99. The normalized spacial score (nSPS) is 13.2. The summed E-state index contributed by atoms with van der Waals surface area (Å²) in [6.45, 7) is 0.194. The maximum absolute atomic E-state index is 12.3. The molecule has 3 aromatic rings. The van der Waals surface area contributed by atoms with Gasteiger partial charge in [-0.2, -0.15) is 0 Å². The number of nitrogens with one attached hydrogen (secondary N) is 1. The number of carbonyl (C=O) groups is 2. The zero-order valence-electron chi connectivity index (χ0n) is 14.6. The Kier molecular flexibility index (Phi) is 4.70. The summed E-state index contributed by atoms with van der Waals surface area (Å²) < 4.78 is 10.5. The lowest BCUT2D eigenvalue weighted by atomic mass is 10.2. The van der Waals surface area contributed by atoms with Gasteiger partial charge in [-0.1, -0.05) is 41.6 Å². The molecule has 0 bridgehead atoms. The zero-order chi connectivity index (χ0) is 18.6. The van der Waals surface area contributed by atoms with Crippen LogP contribution < -0.4 is 5.32 Å². The molecule has 1 saturated carbocycles. The van der Waals surface area contributed by atoms with Crippen LogP contribution in [0.3, 0.4) is 0 Å². The van der Waals surface area contributed by atoms with Crippen molar-refractivity contribution in [2.45, 2.75) is 25.4 Å². The average molecular weight is 362 g/mol. The highest BCUT2D eigenvalue weighted by atomic mass is 16.5. The van der Waals surface area contributed by atoms with Gasteiger partial charge >= 0.3 is 5.97 Å². The van der Waals surface area contributed by atoms with E-state index in [2.05, 4.69) is 10.5 Å². The predicted octanol–water partition coefficient (Wildman–Crippen LogP) is 4.16. The highest BCUT2D eigenvalue weighted by molar-refractivity contribution is 6.03. The summed E-state index contributed by atoms with van der Waals surface area (Å²) in [4.78, 5) is 24.6. The maximum atomic E-state index is 12.3. The second-order valence-electron chi connectivity index (χ2n) is 6.49. The van der Waals surface area contributed by atoms with Crippen molar-refractivity contribution in [1.29, 1.82) is 0 Å². The number of aromatic nitrogens is 1. The fourth-order valence-corrected chi connectivity index (χ4v) is 2.68. The van der Waals surface area contributed by atoms with E-state index in [4.69, 9.17) is 9.26 Å². The molecule has 136 valence electrons. The molecule has 1 fully saturated rings. The molecule has 0 unspecified atom stereocenters. The van der Waals surface area contributed by atoms with E-state index >= 15 is 0 Å². The Morgan fingerprint density at radius 2 is 1.89 bits per heavy atom. The number of rotatable bonds is 6. The quantitative estimate of drug-likeness (QED) is 0.666. The molecular weight excluding hydrogens is 344 g/mol. The lowest BCUT2D eigenvalue weighted by molar-refractivity contribution is 0.0472. The standard InChI is InChI=1S/C21H18N2O4/c24-20(18-12-19(27-23-18)15-9-10-15)22-17-8-4-7-16(11-17)21(25)26-13-14-5-2-1-3-6-14/h1-8,11-12,15H,9-10,13H2,(H,22,24). The number of benzene rings is 2. The summed E-state index contributed by atoms with van der Waals surface area (Å²) in [7, 11) is 0. The number of anilines is 1. The highest BCUT2D eigenvalue weighted by Crippen LogP contribution is 2.40. The molecule has 0 radical (unpaired) electrons. The Morgan fingerprint density at radius 3 is 2.67 bits per heavy atom. The average Bonchev–Trinajstić information content (AvgIpc) is 3.43. The zero-order valence-corrected chi connectivity index (χ0v) is 14.6. The number of hydrogen-bond donors (Lipinski definition) is 1. The lowest BCUT2D eigenvalue weighted by Crippen LogP contribution is -2.13. The first-order valence-corrected chi connectivity index (χ1v) is 8.78. The van der Waals surface area contributed by atoms with Crippen molar-refractivity contribution in [2.75, 3.05) is 5.32 Å². The van der Waals surface area contributed by atoms with Crippen LogP contribution in [0.4, 0.5) is 5.69 Å². The van der Waals surface area contributed by atoms with Crippen LogP contribution >= 0.6 is 0 Å². The van der Waals surface area contributed by atoms with Crippen molar-refractivity contribution >= 4 is 17.6 Å². The van der Waals surface area contributed by atoms with Crippen LogP contribution in [0, 0.1) is 0 Å². The van der Waals surface area contributed by atoms with Crippen LogP contribution in [-0.2, 0) is 11.3 Å². The Morgan fingerprint density at radius 1 is 1.07 bits per heavy atom. The molecule has 0 spiro atoms. The van der Waals surface area contributed by atoms with Crippen molar-refractivity contribution in [2.24, 2.45) is 0 Å². The second-order valence-corrected chi connectivity index (χ2v) is 6.49. The van der Waals surface area contributed by atoms with E-state index < -0.39 is 5.97 Å². The van der Waals surface area contributed by atoms with Gasteiger partial charge < -0.3 is 14.6 Å². The largest absolute Gasteiger partial charge is 0.457 e. The summed E-state index contributed by atoms with van der Waals surface area (Å²) in [5.74, 6) is 0.313. The van der Waals surface area contributed by atoms with E-state index in [9.17, 15) is 9.59 Å².